The van der Waals surface area contributed by atoms with Crippen LogP contribution in [0.3, 0.4) is 0 Å². The molecule has 1 N–H and O–H groups in total. The van der Waals surface area contributed by atoms with Crippen molar-refractivity contribution in [3.8, 4) is 0 Å². The number of anilines is 1. The highest BCUT2D eigenvalue weighted by molar-refractivity contribution is 9.10. The molecule has 1 aromatic heterocycles. The van der Waals surface area contributed by atoms with Crippen LogP contribution in [0.5, 0.6) is 0 Å². The molecule has 86 valence electrons. The minimum absolute atomic E-state index is 0.211. The van der Waals surface area contributed by atoms with E-state index in [-0.39, 0.29) is 5.91 Å². The Morgan fingerprint density at radius 1 is 1.35 bits per heavy atom. The highest BCUT2D eigenvalue weighted by Gasteiger charge is 2.10. The molecule has 0 fully saturated rings. The summed E-state index contributed by atoms with van der Waals surface area (Å²) in [4.78, 5) is 11.9. The van der Waals surface area contributed by atoms with Crippen LogP contribution in [0, 0.1) is 6.92 Å². The Bertz CT molecular complexity index is 543. The molecule has 5 heteroatoms. The number of carbonyl (C=O) groups is 1. The van der Waals surface area contributed by atoms with Crippen LogP contribution in [0.15, 0.2) is 41.0 Å². The van der Waals surface area contributed by atoms with Gasteiger partial charge in [0.15, 0.2) is 5.82 Å². The van der Waals surface area contributed by atoms with Crippen LogP contribution in [0.4, 0.5) is 5.82 Å². The van der Waals surface area contributed by atoms with Crippen molar-refractivity contribution in [1.82, 2.24) is 10.2 Å². The zero-order chi connectivity index (χ0) is 12.3. The summed E-state index contributed by atoms with van der Waals surface area (Å²) in [6.07, 6.45) is 1.55. The fourth-order valence-corrected chi connectivity index (χ4v) is 2.03. The first-order valence-corrected chi connectivity index (χ1v) is 5.81. The third-order valence-electron chi connectivity index (χ3n) is 2.18. The fourth-order valence-electron chi connectivity index (χ4n) is 1.36. The molecule has 2 rings (SSSR count). The number of hydrogen-bond acceptors (Lipinski definition) is 3. The zero-order valence-corrected chi connectivity index (χ0v) is 10.7. The normalized spacial score (nSPS) is 10.0. The number of rotatable bonds is 2. The third kappa shape index (κ3) is 2.88. The van der Waals surface area contributed by atoms with Crippen molar-refractivity contribution in [3.63, 3.8) is 0 Å². The van der Waals surface area contributed by atoms with Crippen molar-refractivity contribution in [2.75, 3.05) is 5.32 Å². The van der Waals surface area contributed by atoms with Crippen LogP contribution < -0.4 is 5.32 Å². The number of amides is 1. The van der Waals surface area contributed by atoms with Crippen molar-refractivity contribution in [2.24, 2.45) is 0 Å². The highest BCUT2D eigenvalue weighted by Crippen LogP contribution is 2.19. The number of aryl methyl sites for hydroxylation is 1. The van der Waals surface area contributed by atoms with Crippen molar-refractivity contribution < 1.29 is 4.79 Å². The zero-order valence-electron chi connectivity index (χ0n) is 9.14. The van der Waals surface area contributed by atoms with Crippen LogP contribution in [0.2, 0.25) is 0 Å². The van der Waals surface area contributed by atoms with Crippen molar-refractivity contribution in [1.29, 1.82) is 0 Å². The lowest BCUT2D eigenvalue weighted by molar-refractivity contribution is 0.102. The van der Waals surface area contributed by atoms with E-state index in [9.17, 15) is 4.79 Å². The lowest BCUT2D eigenvalue weighted by atomic mass is 10.1. The van der Waals surface area contributed by atoms with Crippen LogP contribution in [-0.2, 0) is 0 Å². The second-order valence-electron chi connectivity index (χ2n) is 3.55. The van der Waals surface area contributed by atoms with Crippen molar-refractivity contribution >= 4 is 27.7 Å². The van der Waals surface area contributed by atoms with Gasteiger partial charge in [0.05, 0.1) is 5.56 Å². The Hall–Kier alpha value is -1.75. The summed E-state index contributed by atoms with van der Waals surface area (Å²) in [6.45, 7) is 1.97. The first-order chi connectivity index (χ1) is 8.16. The van der Waals surface area contributed by atoms with Gasteiger partial charge in [0.1, 0.15) is 0 Å². The summed E-state index contributed by atoms with van der Waals surface area (Å²) in [5.74, 6) is 0.224. The molecule has 0 aliphatic carbocycles. The fraction of sp³-hybridized carbons (Fsp3) is 0.0833. The van der Waals surface area contributed by atoms with Gasteiger partial charge in [0, 0.05) is 10.7 Å². The second kappa shape index (κ2) is 5.05. The van der Waals surface area contributed by atoms with E-state index in [1.807, 2.05) is 19.1 Å². The molecule has 1 heterocycles. The topological polar surface area (TPSA) is 54.9 Å². The molecule has 17 heavy (non-hydrogen) atoms. The Labute approximate surface area is 107 Å². The van der Waals surface area contributed by atoms with Gasteiger partial charge in [-0.25, -0.2) is 0 Å². The molecule has 2 aromatic rings. The second-order valence-corrected chi connectivity index (χ2v) is 4.40. The largest absolute Gasteiger partial charge is 0.305 e. The van der Waals surface area contributed by atoms with Gasteiger partial charge in [0.25, 0.3) is 5.91 Å². The number of halogens is 1. The molecular formula is C12H10BrN3O. The first kappa shape index (κ1) is 11.7. The van der Waals surface area contributed by atoms with E-state index in [0.717, 1.165) is 10.0 Å². The lowest BCUT2D eigenvalue weighted by Crippen LogP contribution is -2.13. The number of hydrogen-bond donors (Lipinski definition) is 1. The minimum atomic E-state index is -0.211. The SMILES string of the molecule is Cc1ccc(C(=O)Nc2cccnn2)c(Br)c1. The van der Waals surface area contributed by atoms with E-state index in [1.165, 1.54) is 0 Å². The van der Waals surface area contributed by atoms with E-state index in [1.54, 1.807) is 24.4 Å². The van der Waals surface area contributed by atoms with E-state index in [4.69, 9.17) is 0 Å². The number of aromatic nitrogens is 2. The average molecular weight is 292 g/mol. The van der Waals surface area contributed by atoms with Gasteiger partial charge in [-0.1, -0.05) is 6.07 Å². The van der Waals surface area contributed by atoms with Gasteiger partial charge in [-0.05, 0) is 52.7 Å². The number of benzene rings is 1. The molecule has 0 saturated carbocycles. The number of carbonyl (C=O) groups excluding carboxylic acids is 1. The van der Waals surface area contributed by atoms with Gasteiger partial charge in [-0.2, -0.15) is 5.10 Å². The maximum atomic E-state index is 11.9. The Kier molecular flexibility index (Phi) is 3.49. The smallest absolute Gasteiger partial charge is 0.258 e. The highest BCUT2D eigenvalue weighted by atomic mass is 79.9. The predicted octanol–water partition coefficient (Wildman–Crippen LogP) is 2.80. The van der Waals surface area contributed by atoms with Crippen molar-refractivity contribution in [2.45, 2.75) is 6.92 Å². The van der Waals surface area contributed by atoms with Gasteiger partial charge in [0.2, 0.25) is 0 Å². The van der Waals surface area contributed by atoms with Gasteiger partial charge in [-0.3, -0.25) is 4.79 Å². The van der Waals surface area contributed by atoms with Crippen molar-refractivity contribution in [3.05, 3.63) is 52.1 Å². The summed E-state index contributed by atoms with van der Waals surface area (Å²) in [7, 11) is 0. The lowest BCUT2D eigenvalue weighted by Gasteiger charge is -2.06. The Morgan fingerprint density at radius 3 is 2.82 bits per heavy atom. The van der Waals surface area contributed by atoms with Gasteiger partial charge >= 0.3 is 0 Å². The monoisotopic (exact) mass is 291 g/mol. The molecule has 0 aliphatic rings. The van der Waals surface area contributed by atoms with Crippen LogP contribution in [-0.4, -0.2) is 16.1 Å². The molecule has 0 aliphatic heterocycles. The van der Waals surface area contributed by atoms with Crippen LogP contribution >= 0.6 is 15.9 Å². The quantitative estimate of drug-likeness (QED) is 0.926. The molecule has 1 amide bonds. The summed E-state index contributed by atoms with van der Waals surface area (Å²) in [6, 6.07) is 8.95. The van der Waals surface area contributed by atoms with Crippen LogP contribution in [0.1, 0.15) is 15.9 Å². The maximum Gasteiger partial charge on any atom is 0.258 e. The first-order valence-electron chi connectivity index (χ1n) is 5.02. The minimum Gasteiger partial charge on any atom is -0.305 e. The molecule has 4 nitrogen and oxygen atoms in total. The molecule has 0 radical (unpaired) electrons. The summed E-state index contributed by atoms with van der Waals surface area (Å²) in [5.41, 5.74) is 1.66. The van der Waals surface area contributed by atoms with Crippen LogP contribution in [0.25, 0.3) is 0 Å². The molecule has 1 aromatic carbocycles. The van der Waals surface area contributed by atoms with E-state index in [2.05, 4.69) is 31.4 Å². The Balaban J connectivity index is 2.21. The standard InChI is InChI=1S/C12H10BrN3O/c1-8-4-5-9(10(13)7-8)12(17)15-11-3-2-6-14-16-11/h2-7H,1H3,(H,15,16,17). The summed E-state index contributed by atoms with van der Waals surface area (Å²) in [5, 5.41) is 10.2. The molecule has 0 bridgehead atoms. The average Bonchev–Trinajstić information content (AvgIpc) is 2.30. The molecule has 0 spiro atoms. The van der Waals surface area contributed by atoms with Gasteiger partial charge < -0.3 is 5.32 Å². The van der Waals surface area contributed by atoms with E-state index < -0.39 is 0 Å². The summed E-state index contributed by atoms with van der Waals surface area (Å²) < 4.78 is 0.763. The Morgan fingerprint density at radius 2 is 2.18 bits per heavy atom. The van der Waals surface area contributed by atoms with E-state index in [0.29, 0.717) is 11.4 Å². The third-order valence-corrected chi connectivity index (χ3v) is 2.84. The molecular weight excluding hydrogens is 282 g/mol. The number of nitrogens with one attached hydrogen (secondary N) is 1. The molecule has 0 atom stereocenters. The maximum absolute atomic E-state index is 11.9. The van der Waals surface area contributed by atoms with E-state index >= 15 is 0 Å². The van der Waals surface area contributed by atoms with Gasteiger partial charge in [-0.15, -0.1) is 5.10 Å². The molecule has 0 saturated heterocycles. The molecule has 0 unspecified atom stereocenters. The number of nitrogens with zero attached hydrogens (tertiary/aromatic N) is 2. The predicted molar refractivity (Wildman–Crippen MR) is 68.9 cm³/mol. The summed E-state index contributed by atoms with van der Waals surface area (Å²) >= 11 is 3.36.